The molecule has 3 rings (SSSR count). The van der Waals surface area contributed by atoms with Crippen LogP contribution in [0, 0.1) is 5.92 Å². The minimum absolute atomic E-state index is 0.318. The van der Waals surface area contributed by atoms with E-state index >= 15 is 0 Å². The number of nitrogens with one attached hydrogen (secondary N) is 1. The summed E-state index contributed by atoms with van der Waals surface area (Å²) in [7, 11) is 0. The molecule has 110 valence electrons. The lowest BCUT2D eigenvalue weighted by atomic mass is 9.99. The lowest BCUT2D eigenvalue weighted by Crippen LogP contribution is -2.33. The van der Waals surface area contributed by atoms with Crippen LogP contribution in [-0.2, 0) is 4.74 Å². The summed E-state index contributed by atoms with van der Waals surface area (Å²) in [5.74, 6) is 2.60. The maximum absolute atomic E-state index is 5.60. The van der Waals surface area contributed by atoms with Gasteiger partial charge >= 0.3 is 0 Å². The quantitative estimate of drug-likeness (QED) is 0.914. The van der Waals surface area contributed by atoms with E-state index in [0.29, 0.717) is 6.10 Å². The molecule has 1 unspecified atom stereocenters. The van der Waals surface area contributed by atoms with Crippen LogP contribution in [0.2, 0.25) is 0 Å². The molecule has 0 aromatic carbocycles. The molecule has 2 fully saturated rings. The number of ether oxygens (including phenoxy) is 1. The van der Waals surface area contributed by atoms with Gasteiger partial charge in [-0.3, -0.25) is 0 Å². The Balaban J connectivity index is 1.57. The minimum Gasteiger partial charge on any atom is -0.376 e. The van der Waals surface area contributed by atoms with E-state index in [1.165, 1.54) is 19.3 Å². The average Bonchev–Trinajstić information content (AvgIpc) is 3.00. The van der Waals surface area contributed by atoms with Gasteiger partial charge in [-0.25, -0.2) is 4.98 Å². The molecule has 0 amide bonds. The lowest BCUT2D eigenvalue weighted by Gasteiger charge is -2.31. The number of rotatable bonds is 4. The number of aromatic nitrogens is 2. The molecule has 0 radical (unpaired) electrons. The van der Waals surface area contributed by atoms with Crippen LogP contribution < -0.4 is 10.2 Å². The number of piperidine rings is 1. The van der Waals surface area contributed by atoms with Gasteiger partial charge in [0.2, 0.25) is 5.95 Å². The van der Waals surface area contributed by atoms with E-state index in [0.717, 1.165) is 50.3 Å². The largest absolute Gasteiger partial charge is 0.376 e. The molecule has 2 aliphatic rings. The SMILES string of the molecule is CC1CCN(c2ccnc(NCC3CCCO3)n2)CC1. The third-order valence-corrected chi connectivity index (χ3v) is 4.26. The van der Waals surface area contributed by atoms with Crippen LogP contribution in [0.3, 0.4) is 0 Å². The summed E-state index contributed by atoms with van der Waals surface area (Å²) in [5, 5.41) is 3.30. The van der Waals surface area contributed by atoms with Crippen LogP contribution in [0.4, 0.5) is 11.8 Å². The van der Waals surface area contributed by atoms with Crippen LogP contribution in [0.1, 0.15) is 32.6 Å². The van der Waals surface area contributed by atoms with Gasteiger partial charge in [-0.05, 0) is 37.7 Å². The Morgan fingerprint density at radius 3 is 2.95 bits per heavy atom. The summed E-state index contributed by atoms with van der Waals surface area (Å²) in [6.07, 6.45) is 6.97. The third kappa shape index (κ3) is 3.39. The van der Waals surface area contributed by atoms with Crippen molar-refractivity contribution in [1.82, 2.24) is 9.97 Å². The van der Waals surface area contributed by atoms with E-state index in [1.807, 2.05) is 12.3 Å². The maximum Gasteiger partial charge on any atom is 0.224 e. The van der Waals surface area contributed by atoms with Crippen molar-refractivity contribution in [3.63, 3.8) is 0 Å². The predicted molar refractivity (Wildman–Crippen MR) is 80.1 cm³/mol. The highest BCUT2D eigenvalue weighted by Gasteiger charge is 2.18. The van der Waals surface area contributed by atoms with Crippen LogP contribution in [0.15, 0.2) is 12.3 Å². The van der Waals surface area contributed by atoms with E-state index in [1.54, 1.807) is 0 Å². The van der Waals surface area contributed by atoms with Gasteiger partial charge in [0.05, 0.1) is 6.10 Å². The lowest BCUT2D eigenvalue weighted by molar-refractivity contribution is 0.120. The first-order chi connectivity index (χ1) is 9.81. The van der Waals surface area contributed by atoms with Gasteiger partial charge in [0.15, 0.2) is 0 Å². The van der Waals surface area contributed by atoms with Gasteiger partial charge in [-0.1, -0.05) is 6.92 Å². The van der Waals surface area contributed by atoms with Crippen LogP contribution in [0.25, 0.3) is 0 Å². The summed E-state index contributed by atoms with van der Waals surface area (Å²) in [4.78, 5) is 11.3. The first-order valence-electron chi connectivity index (χ1n) is 7.75. The Hall–Kier alpha value is -1.36. The molecule has 20 heavy (non-hydrogen) atoms. The highest BCUT2D eigenvalue weighted by atomic mass is 16.5. The van der Waals surface area contributed by atoms with Crippen molar-refractivity contribution in [2.75, 3.05) is 36.5 Å². The highest BCUT2D eigenvalue weighted by Crippen LogP contribution is 2.21. The Labute approximate surface area is 120 Å². The Bertz CT molecular complexity index is 426. The molecule has 1 N–H and O–H groups in total. The highest BCUT2D eigenvalue weighted by molar-refractivity contribution is 5.42. The predicted octanol–water partition coefficient (Wildman–Crippen LogP) is 2.30. The molecule has 0 aliphatic carbocycles. The number of hydrogen-bond donors (Lipinski definition) is 1. The summed E-state index contributed by atoms with van der Waals surface area (Å²) >= 11 is 0. The fourth-order valence-corrected chi connectivity index (χ4v) is 2.86. The van der Waals surface area contributed by atoms with E-state index in [2.05, 4.69) is 27.1 Å². The van der Waals surface area contributed by atoms with Gasteiger partial charge in [0.25, 0.3) is 0 Å². The second-order valence-corrected chi connectivity index (χ2v) is 5.92. The smallest absolute Gasteiger partial charge is 0.224 e. The van der Waals surface area contributed by atoms with E-state index < -0.39 is 0 Å². The molecular weight excluding hydrogens is 252 g/mol. The second kappa shape index (κ2) is 6.39. The molecule has 3 heterocycles. The summed E-state index contributed by atoms with van der Waals surface area (Å²) in [6, 6.07) is 2.01. The Morgan fingerprint density at radius 1 is 1.35 bits per heavy atom. The number of anilines is 2. The van der Waals surface area contributed by atoms with Gasteiger partial charge in [0.1, 0.15) is 5.82 Å². The van der Waals surface area contributed by atoms with Gasteiger partial charge < -0.3 is 15.0 Å². The molecule has 2 aliphatic heterocycles. The van der Waals surface area contributed by atoms with Gasteiger partial charge in [-0.15, -0.1) is 0 Å². The zero-order valence-corrected chi connectivity index (χ0v) is 12.2. The molecule has 1 aromatic rings. The molecule has 1 atom stereocenters. The fourth-order valence-electron chi connectivity index (χ4n) is 2.86. The Kier molecular flexibility index (Phi) is 4.35. The maximum atomic E-state index is 5.60. The van der Waals surface area contributed by atoms with Crippen molar-refractivity contribution < 1.29 is 4.74 Å². The van der Waals surface area contributed by atoms with E-state index in [-0.39, 0.29) is 0 Å². The van der Waals surface area contributed by atoms with Crippen LogP contribution in [-0.4, -0.2) is 42.3 Å². The zero-order valence-electron chi connectivity index (χ0n) is 12.2. The molecule has 5 heteroatoms. The average molecular weight is 276 g/mol. The first-order valence-corrected chi connectivity index (χ1v) is 7.75. The molecule has 5 nitrogen and oxygen atoms in total. The van der Waals surface area contributed by atoms with Crippen molar-refractivity contribution >= 4 is 11.8 Å². The van der Waals surface area contributed by atoms with Crippen molar-refractivity contribution in [3.05, 3.63) is 12.3 Å². The zero-order chi connectivity index (χ0) is 13.8. The molecule has 2 saturated heterocycles. The summed E-state index contributed by atoms with van der Waals surface area (Å²) in [6.45, 7) is 6.22. The topological polar surface area (TPSA) is 50.3 Å². The molecule has 0 spiro atoms. The van der Waals surface area contributed by atoms with Crippen molar-refractivity contribution in [1.29, 1.82) is 0 Å². The number of hydrogen-bond acceptors (Lipinski definition) is 5. The van der Waals surface area contributed by atoms with Gasteiger partial charge in [-0.2, -0.15) is 4.98 Å². The van der Waals surface area contributed by atoms with Crippen molar-refractivity contribution in [2.24, 2.45) is 5.92 Å². The van der Waals surface area contributed by atoms with Crippen molar-refractivity contribution in [3.8, 4) is 0 Å². The minimum atomic E-state index is 0.318. The van der Waals surface area contributed by atoms with Crippen LogP contribution >= 0.6 is 0 Å². The molecule has 0 saturated carbocycles. The Morgan fingerprint density at radius 2 is 2.20 bits per heavy atom. The van der Waals surface area contributed by atoms with Gasteiger partial charge in [0, 0.05) is 32.4 Å². The normalized spacial score (nSPS) is 24.1. The van der Waals surface area contributed by atoms with Crippen LogP contribution in [0.5, 0.6) is 0 Å². The summed E-state index contributed by atoms with van der Waals surface area (Å²) in [5.41, 5.74) is 0. The third-order valence-electron chi connectivity index (χ3n) is 4.26. The monoisotopic (exact) mass is 276 g/mol. The second-order valence-electron chi connectivity index (χ2n) is 5.92. The number of nitrogens with zero attached hydrogens (tertiary/aromatic N) is 3. The van der Waals surface area contributed by atoms with E-state index in [4.69, 9.17) is 4.74 Å². The molecule has 1 aromatic heterocycles. The standard InChI is InChI=1S/C15H24N4O/c1-12-5-8-19(9-6-12)14-4-7-16-15(18-14)17-11-13-3-2-10-20-13/h4,7,12-13H,2-3,5-6,8-11H2,1H3,(H,16,17,18). The van der Waals surface area contributed by atoms with Crippen molar-refractivity contribution in [2.45, 2.75) is 38.7 Å². The summed E-state index contributed by atoms with van der Waals surface area (Å²) < 4.78 is 5.60. The van der Waals surface area contributed by atoms with E-state index in [9.17, 15) is 0 Å². The first kappa shape index (κ1) is 13.6. The molecule has 0 bridgehead atoms. The fraction of sp³-hybridized carbons (Fsp3) is 0.733. The molecular formula is C15H24N4O.